The highest BCUT2D eigenvalue weighted by molar-refractivity contribution is 5.92. The van der Waals surface area contributed by atoms with Crippen LogP contribution >= 0.6 is 0 Å². The molecular formula is C17H21N5O. The Morgan fingerprint density at radius 1 is 1.17 bits per heavy atom. The molecule has 6 nitrogen and oxygen atoms in total. The number of nitrogens with one attached hydrogen (secondary N) is 1. The van der Waals surface area contributed by atoms with E-state index in [-0.39, 0.29) is 5.91 Å². The van der Waals surface area contributed by atoms with Gasteiger partial charge in [-0.25, -0.2) is 4.68 Å². The van der Waals surface area contributed by atoms with Crippen LogP contribution in [0, 0.1) is 11.8 Å². The maximum atomic E-state index is 12.8. The lowest BCUT2D eigenvalue weighted by molar-refractivity contribution is 0.0752. The van der Waals surface area contributed by atoms with Crippen LogP contribution < -0.4 is 5.32 Å². The second-order valence-electron chi connectivity index (χ2n) is 6.40. The predicted octanol–water partition coefficient (Wildman–Crippen LogP) is 1.34. The van der Waals surface area contributed by atoms with Crippen molar-refractivity contribution < 1.29 is 4.79 Å². The summed E-state index contributed by atoms with van der Waals surface area (Å²) in [4.78, 5) is 19.1. The van der Waals surface area contributed by atoms with Crippen molar-refractivity contribution in [2.24, 2.45) is 11.8 Å². The van der Waals surface area contributed by atoms with Crippen LogP contribution in [0.3, 0.4) is 0 Å². The number of nitrogens with zero attached hydrogens (tertiary/aromatic N) is 4. The highest BCUT2D eigenvalue weighted by atomic mass is 16.2. The first-order valence-electron chi connectivity index (χ1n) is 8.27. The molecule has 1 N–H and O–H groups in total. The number of carbonyl (C=O) groups excluding carboxylic acids is 1. The third-order valence-corrected chi connectivity index (χ3v) is 5.04. The third kappa shape index (κ3) is 2.86. The van der Waals surface area contributed by atoms with E-state index < -0.39 is 0 Å². The topological polar surface area (TPSA) is 63.1 Å². The van der Waals surface area contributed by atoms with E-state index in [4.69, 9.17) is 0 Å². The number of rotatable bonds is 2. The summed E-state index contributed by atoms with van der Waals surface area (Å²) in [5, 5.41) is 7.68. The van der Waals surface area contributed by atoms with Gasteiger partial charge in [-0.2, -0.15) is 5.10 Å². The summed E-state index contributed by atoms with van der Waals surface area (Å²) in [6.07, 6.45) is 7.44. The summed E-state index contributed by atoms with van der Waals surface area (Å²) in [5.74, 6) is 1.47. The number of hydrogen-bond acceptors (Lipinski definition) is 4. The van der Waals surface area contributed by atoms with Crippen LogP contribution in [-0.2, 0) is 0 Å². The van der Waals surface area contributed by atoms with E-state index in [2.05, 4.69) is 15.4 Å². The van der Waals surface area contributed by atoms with Crippen molar-refractivity contribution in [1.82, 2.24) is 25.0 Å². The molecule has 23 heavy (non-hydrogen) atoms. The third-order valence-electron chi connectivity index (χ3n) is 5.04. The minimum atomic E-state index is 0.0342. The molecule has 0 spiro atoms. The number of fused-ring (bicyclic) bond motifs is 1. The molecule has 2 fully saturated rings. The summed E-state index contributed by atoms with van der Waals surface area (Å²) in [6.45, 7) is 3.85. The average molecular weight is 311 g/mol. The lowest BCUT2D eigenvalue weighted by Crippen LogP contribution is -2.33. The van der Waals surface area contributed by atoms with E-state index in [0.29, 0.717) is 5.69 Å². The molecule has 0 bridgehead atoms. The lowest BCUT2D eigenvalue weighted by atomic mass is 9.92. The number of amides is 1. The predicted molar refractivity (Wildman–Crippen MR) is 86.3 cm³/mol. The largest absolute Gasteiger partial charge is 0.337 e. The fourth-order valence-electron chi connectivity index (χ4n) is 3.68. The van der Waals surface area contributed by atoms with Gasteiger partial charge in [-0.3, -0.25) is 9.78 Å². The highest BCUT2D eigenvalue weighted by Crippen LogP contribution is 2.27. The van der Waals surface area contributed by atoms with Crippen molar-refractivity contribution in [3.05, 3.63) is 42.5 Å². The smallest absolute Gasteiger partial charge is 0.272 e. The van der Waals surface area contributed by atoms with Gasteiger partial charge in [0.05, 0.1) is 5.69 Å². The van der Waals surface area contributed by atoms with Gasteiger partial charge in [-0.1, -0.05) is 0 Å². The number of aromatic nitrogens is 3. The standard InChI is InChI=1S/C17H21N5O/c23-17(21-8-3-13-11-18-12-14(13)4-9-21)16-10-15(2-6-19-16)22-7-1-5-20-22/h1-2,5-7,10,13-14,18H,3-4,8-9,11-12H2/t13-,14+. The Kier molecular flexibility index (Phi) is 3.83. The van der Waals surface area contributed by atoms with Crippen molar-refractivity contribution in [3.63, 3.8) is 0 Å². The molecule has 4 heterocycles. The molecule has 1 amide bonds. The van der Waals surface area contributed by atoms with Crippen molar-refractivity contribution in [3.8, 4) is 5.69 Å². The Bertz CT molecular complexity index is 670. The zero-order chi connectivity index (χ0) is 15.6. The van der Waals surface area contributed by atoms with E-state index in [1.165, 1.54) is 0 Å². The van der Waals surface area contributed by atoms with Crippen LogP contribution in [0.2, 0.25) is 0 Å². The van der Waals surface area contributed by atoms with Crippen LogP contribution in [0.5, 0.6) is 0 Å². The molecule has 2 aromatic heterocycles. The first-order valence-corrected chi connectivity index (χ1v) is 8.27. The monoisotopic (exact) mass is 311 g/mol. The van der Waals surface area contributed by atoms with Crippen LogP contribution in [-0.4, -0.2) is 51.8 Å². The van der Waals surface area contributed by atoms with Crippen molar-refractivity contribution >= 4 is 5.91 Å². The van der Waals surface area contributed by atoms with Crippen molar-refractivity contribution in [2.45, 2.75) is 12.8 Å². The number of hydrogen-bond donors (Lipinski definition) is 1. The summed E-state index contributed by atoms with van der Waals surface area (Å²) < 4.78 is 1.75. The van der Waals surface area contributed by atoms with Gasteiger partial charge in [-0.15, -0.1) is 0 Å². The molecule has 2 aromatic rings. The fourth-order valence-corrected chi connectivity index (χ4v) is 3.68. The molecule has 2 atom stereocenters. The maximum absolute atomic E-state index is 12.8. The quantitative estimate of drug-likeness (QED) is 0.909. The molecule has 0 saturated carbocycles. The Hall–Kier alpha value is -2.21. The van der Waals surface area contributed by atoms with Gasteiger partial charge in [0.1, 0.15) is 5.69 Å². The van der Waals surface area contributed by atoms with E-state index >= 15 is 0 Å². The molecule has 120 valence electrons. The van der Waals surface area contributed by atoms with Gasteiger partial charge in [0.15, 0.2) is 0 Å². The van der Waals surface area contributed by atoms with Crippen LogP contribution in [0.4, 0.5) is 0 Å². The zero-order valence-corrected chi connectivity index (χ0v) is 13.1. The molecule has 0 radical (unpaired) electrons. The van der Waals surface area contributed by atoms with Gasteiger partial charge in [-0.05, 0) is 56.0 Å². The SMILES string of the molecule is O=C(c1cc(-n2cccn2)ccn1)N1CC[C@@H]2CNC[C@@H]2CC1. The fraction of sp³-hybridized carbons (Fsp3) is 0.471. The van der Waals surface area contributed by atoms with Gasteiger partial charge in [0.25, 0.3) is 5.91 Å². The second kappa shape index (κ2) is 6.12. The molecule has 4 rings (SSSR count). The molecule has 0 aliphatic carbocycles. The van der Waals surface area contributed by atoms with E-state index in [0.717, 1.165) is 56.5 Å². The van der Waals surface area contributed by atoms with Crippen LogP contribution in [0.25, 0.3) is 5.69 Å². The minimum Gasteiger partial charge on any atom is -0.337 e. The van der Waals surface area contributed by atoms with E-state index in [1.54, 1.807) is 17.1 Å². The molecule has 0 unspecified atom stereocenters. The number of carbonyl (C=O) groups is 1. The van der Waals surface area contributed by atoms with Gasteiger partial charge < -0.3 is 10.2 Å². The summed E-state index contributed by atoms with van der Waals surface area (Å²) in [6, 6.07) is 5.55. The lowest BCUT2D eigenvalue weighted by Gasteiger charge is -2.20. The normalized spacial score (nSPS) is 24.3. The average Bonchev–Trinajstić information content (AvgIpc) is 3.23. The molecule has 2 aliphatic heterocycles. The van der Waals surface area contributed by atoms with E-state index in [9.17, 15) is 4.79 Å². The van der Waals surface area contributed by atoms with Gasteiger partial charge in [0, 0.05) is 31.7 Å². The Morgan fingerprint density at radius 3 is 2.65 bits per heavy atom. The molecule has 2 saturated heterocycles. The minimum absolute atomic E-state index is 0.0342. The number of likely N-dealkylation sites (tertiary alicyclic amines) is 1. The van der Waals surface area contributed by atoms with Crippen molar-refractivity contribution in [2.75, 3.05) is 26.2 Å². The summed E-state index contributed by atoms with van der Waals surface area (Å²) in [7, 11) is 0. The molecule has 6 heteroatoms. The molecular weight excluding hydrogens is 290 g/mol. The Balaban J connectivity index is 1.51. The highest BCUT2D eigenvalue weighted by Gasteiger charge is 2.31. The van der Waals surface area contributed by atoms with Gasteiger partial charge in [0.2, 0.25) is 0 Å². The zero-order valence-electron chi connectivity index (χ0n) is 13.1. The Labute approximate surface area is 135 Å². The molecule has 0 aromatic carbocycles. The summed E-state index contributed by atoms with van der Waals surface area (Å²) >= 11 is 0. The van der Waals surface area contributed by atoms with Gasteiger partial charge >= 0.3 is 0 Å². The van der Waals surface area contributed by atoms with Crippen molar-refractivity contribution in [1.29, 1.82) is 0 Å². The summed E-state index contributed by atoms with van der Waals surface area (Å²) in [5.41, 5.74) is 1.37. The molecule has 2 aliphatic rings. The maximum Gasteiger partial charge on any atom is 0.272 e. The van der Waals surface area contributed by atoms with E-state index in [1.807, 2.05) is 29.3 Å². The van der Waals surface area contributed by atoms with Crippen LogP contribution in [0.15, 0.2) is 36.8 Å². The first kappa shape index (κ1) is 14.4. The Morgan fingerprint density at radius 2 is 1.96 bits per heavy atom. The first-order chi connectivity index (χ1) is 11.3. The van der Waals surface area contributed by atoms with Crippen LogP contribution in [0.1, 0.15) is 23.3 Å². The number of pyridine rings is 1. The second-order valence-corrected chi connectivity index (χ2v) is 6.40.